The van der Waals surface area contributed by atoms with E-state index in [0.29, 0.717) is 11.3 Å². The Morgan fingerprint density at radius 2 is 0.833 bits per heavy atom. The summed E-state index contributed by atoms with van der Waals surface area (Å²) < 4.78 is 19.4. The van der Waals surface area contributed by atoms with Crippen molar-refractivity contribution in [3.63, 3.8) is 0 Å². The van der Waals surface area contributed by atoms with E-state index in [4.69, 9.17) is 14.2 Å². The zero-order valence-corrected chi connectivity index (χ0v) is 28.2. The lowest BCUT2D eigenvalue weighted by atomic mass is 10.2. The molecule has 6 heteroatoms. The van der Waals surface area contributed by atoms with E-state index < -0.39 is 22.1 Å². The Labute approximate surface area is 284 Å². The Bertz CT molecular complexity index is 1700. The summed E-state index contributed by atoms with van der Waals surface area (Å²) in [5, 5.41) is 5.29. The summed E-state index contributed by atoms with van der Waals surface area (Å²) >= 11 is 0. The van der Waals surface area contributed by atoms with Crippen LogP contribution in [0, 0.1) is 0 Å². The Morgan fingerprint density at radius 3 is 1.21 bits per heavy atom. The van der Waals surface area contributed by atoms with Gasteiger partial charge in [0, 0.05) is 17.9 Å². The van der Waals surface area contributed by atoms with Crippen LogP contribution in [0.2, 0.25) is 0 Å². The molecule has 0 N–H and O–H groups in total. The van der Waals surface area contributed by atoms with E-state index in [1.54, 1.807) is 12.1 Å². The lowest BCUT2D eigenvalue weighted by molar-refractivity contribution is -0.0645. The SMILES string of the molecule is O=C(Oc1ccc(C2O[C@@H](CP(c3ccccc3)c3ccccc3)[C@H](CP(c3ccccc3)c3ccccc3)O2)cc1)c1ccccc1. The first-order valence-electron chi connectivity index (χ1n) is 16.1. The average molecular weight is 667 g/mol. The quantitative estimate of drug-likeness (QED) is 0.0800. The van der Waals surface area contributed by atoms with E-state index in [9.17, 15) is 4.79 Å². The molecule has 238 valence electrons. The van der Waals surface area contributed by atoms with Crippen LogP contribution in [0.25, 0.3) is 0 Å². The van der Waals surface area contributed by atoms with Gasteiger partial charge in [-0.15, -0.1) is 0 Å². The lowest BCUT2D eigenvalue weighted by Crippen LogP contribution is -2.33. The van der Waals surface area contributed by atoms with Gasteiger partial charge in [0.15, 0.2) is 6.29 Å². The van der Waals surface area contributed by atoms with Gasteiger partial charge in [-0.2, -0.15) is 0 Å². The molecule has 1 aliphatic heterocycles. The van der Waals surface area contributed by atoms with Gasteiger partial charge in [0.25, 0.3) is 0 Å². The van der Waals surface area contributed by atoms with E-state index in [1.807, 2.05) is 42.5 Å². The molecule has 6 aromatic rings. The van der Waals surface area contributed by atoms with Gasteiger partial charge >= 0.3 is 5.97 Å². The van der Waals surface area contributed by atoms with Crippen molar-refractivity contribution in [1.29, 1.82) is 0 Å². The maximum absolute atomic E-state index is 12.6. The number of carbonyl (C=O) groups is 1. The van der Waals surface area contributed by atoms with Crippen molar-refractivity contribution in [2.75, 3.05) is 12.3 Å². The second kappa shape index (κ2) is 15.6. The third-order valence-corrected chi connectivity index (χ3v) is 13.5. The summed E-state index contributed by atoms with van der Waals surface area (Å²) in [5.74, 6) is 0.0919. The Balaban J connectivity index is 1.18. The molecule has 4 nitrogen and oxygen atoms in total. The molecule has 6 aromatic carbocycles. The minimum atomic E-state index is -0.703. The molecule has 2 atom stereocenters. The van der Waals surface area contributed by atoms with Gasteiger partial charge in [-0.05, 0) is 61.3 Å². The number of esters is 1. The minimum absolute atomic E-state index is 0.130. The van der Waals surface area contributed by atoms with Gasteiger partial charge < -0.3 is 14.2 Å². The standard InChI is InChI=1S/C42H36O4P2/c43-41(32-16-6-1-7-17-32)44-34-28-26-33(27-29-34)42-45-39(30-47(35-18-8-2-9-19-35)36-20-10-3-11-21-36)40(46-42)31-48(37-22-12-4-13-23-37)38-24-14-5-15-25-38/h1-29,39-40,42H,30-31H2/t39-,40-/m0/s1. The fraction of sp³-hybridized carbons (Fsp3) is 0.119. The third kappa shape index (κ3) is 7.81. The molecule has 1 fully saturated rings. The van der Waals surface area contributed by atoms with Crippen LogP contribution in [0.3, 0.4) is 0 Å². The molecule has 0 amide bonds. The van der Waals surface area contributed by atoms with Gasteiger partial charge in [0.05, 0.1) is 17.8 Å². The predicted octanol–water partition coefficient (Wildman–Crippen LogP) is 7.95. The lowest BCUT2D eigenvalue weighted by Gasteiger charge is -2.27. The summed E-state index contributed by atoms with van der Waals surface area (Å²) in [5.41, 5.74) is 1.41. The van der Waals surface area contributed by atoms with Crippen LogP contribution in [0.4, 0.5) is 0 Å². The zero-order valence-electron chi connectivity index (χ0n) is 26.4. The smallest absolute Gasteiger partial charge is 0.343 e. The van der Waals surface area contributed by atoms with E-state index in [2.05, 4.69) is 121 Å². The highest BCUT2D eigenvalue weighted by atomic mass is 31.1. The second-order valence-electron chi connectivity index (χ2n) is 11.6. The maximum atomic E-state index is 12.6. The van der Waals surface area contributed by atoms with Crippen LogP contribution in [0.5, 0.6) is 5.75 Å². The molecule has 48 heavy (non-hydrogen) atoms. The third-order valence-electron chi connectivity index (χ3n) is 8.38. The first kappa shape index (κ1) is 32.1. The number of benzene rings is 6. The van der Waals surface area contributed by atoms with Crippen molar-refractivity contribution >= 4 is 43.0 Å². The summed E-state index contributed by atoms with van der Waals surface area (Å²) in [6.45, 7) is 0. The molecule has 0 bridgehead atoms. The number of rotatable bonds is 11. The van der Waals surface area contributed by atoms with Gasteiger partial charge in [-0.1, -0.05) is 152 Å². The topological polar surface area (TPSA) is 44.8 Å². The molecule has 0 aliphatic carbocycles. The zero-order chi connectivity index (χ0) is 32.5. The van der Waals surface area contributed by atoms with Gasteiger partial charge in [0.1, 0.15) is 5.75 Å². The van der Waals surface area contributed by atoms with E-state index in [-0.39, 0.29) is 18.2 Å². The molecular weight excluding hydrogens is 630 g/mol. The number of ether oxygens (including phenoxy) is 3. The number of carbonyl (C=O) groups excluding carboxylic acids is 1. The van der Waals surface area contributed by atoms with Crippen molar-refractivity contribution in [3.8, 4) is 5.75 Å². The molecule has 1 heterocycles. The molecule has 1 saturated heterocycles. The van der Waals surface area contributed by atoms with Crippen LogP contribution in [0.1, 0.15) is 22.2 Å². The van der Waals surface area contributed by atoms with Crippen molar-refractivity contribution in [2.45, 2.75) is 18.5 Å². The number of hydrogen-bond acceptors (Lipinski definition) is 4. The molecule has 0 saturated carbocycles. The summed E-state index contributed by atoms with van der Waals surface area (Å²) in [7, 11) is -1.41. The maximum Gasteiger partial charge on any atom is 0.343 e. The largest absolute Gasteiger partial charge is 0.423 e. The molecule has 0 aromatic heterocycles. The van der Waals surface area contributed by atoms with Gasteiger partial charge in [-0.3, -0.25) is 0 Å². The van der Waals surface area contributed by atoms with Crippen LogP contribution >= 0.6 is 15.8 Å². The first-order chi connectivity index (χ1) is 23.7. The van der Waals surface area contributed by atoms with Crippen molar-refractivity contribution < 1.29 is 19.0 Å². The summed E-state index contributed by atoms with van der Waals surface area (Å²) in [6.07, 6.45) is 0.878. The monoisotopic (exact) mass is 666 g/mol. The molecule has 1 aliphatic rings. The summed E-state index contributed by atoms with van der Waals surface area (Å²) in [4.78, 5) is 12.6. The summed E-state index contributed by atoms with van der Waals surface area (Å²) in [6, 6.07) is 59.6. The molecule has 0 unspecified atom stereocenters. The van der Waals surface area contributed by atoms with Crippen LogP contribution in [0.15, 0.2) is 176 Å². The van der Waals surface area contributed by atoms with Crippen LogP contribution in [-0.4, -0.2) is 30.5 Å². The van der Waals surface area contributed by atoms with Gasteiger partial charge in [0.2, 0.25) is 0 Å². The molecular formula is C42H36O4P2. The van der Waals surface area contributed by atoms with E-state index in [0.717, 1.165) is 17.9 Å². The van der Waals surface area contributed by atoms with Crippen LogP contribution < -0.4 is 26.0 Å². The Kier molecular flexibility index (Phi) is 10.5. The average Bonchev–Trinajstić information content (AvgIpc) is 3.57. The normalized spacial score (nSPS) is 16.3. The fourth-order valence-corrected chi connectivity index (χ4v) is 10.9. The Morgan fingerprint density at radius 1 is 0.479 bits per heavy atom. The molecule has 7 rings (SSSR count). The molecule has 0 spiro atoms. The van der Waals surface area contributed by atoms with E-state index in [1.165, 1.54) is 21.2 Å². The highest BCUT2D eigenvalue weighted by molar-refractivity contribution is 7.73. The first-order valence-corrected chi connectivity index (χ1v) is 19.2. The highest BCUT2D eigenvalue weighted by Crippen LogP contribution is 2.45. The van der Waals surface area contributed by atoms with E-state index >= 15 is 0 Å². The van der Waals surface area contributed by atoms with Crippen molar-refractivity contribution in [2.24, 2.45) is 0 Å². The highest BCUT2D eigenvalue weighted by Gasteiger charge is 2.40. The Hall–Kier alpha value is -4.43. The number of hydrogen-bond donors (Lipinski definition) is 0. The predicted molar refractivity (Wildman–Crippen MR) is 198 cm³/mol. The van der Waals surface area contributed by atoms with Gasteiger partial charge in [-0.25, -0.2) is 4.79 Å². The van der Waals surface area contributed by atoms with Crippen molar-refractivity contribution in [3.05, 3.63) is 187 Å². The second-order valence-corrected chi connectivity index (χ2v) is 16.1. The van der Waals surface area contributed by atoms with Crippen LogP contribution in [-0.2, 0) is 9.47 Å². The fourth-order valence-electron chi connectivity index (χ4n) is 5.95. The van der Waals surface area contributed by atoms with Crippen molar-refractivity contribution in [1.82, 2.24) is 0 Å². The minimum Gasteiger partial charge on any atom is -0.423 e. The molecule has 0 radical (unpaired) electrons.